The molecule has 0 radical (unpaired) electrons. The molecule has 1 aromatic rings. The maximum atomic E-state index is 6.19. The molecular formula is C15H22Br2N2O. The maximum absolute atomic E-state index is 6.19. The van der Waals surface area contributed by atoms with Crippen LogP contribution in [0.1, 0.15) is 45.7 Å². The van der Waals surface area contributed by atoms with Crippen LogP contribution in [0.25, 0.3) is 0 Å². The summed E-state index contributed by atoms with van der Waals surface area (Å²) < 4.78 is 8.27. The molecule has 0 amide bonds. The van der Waals surface area contributed by atoms with Crippen molar-refractivity contribution in [3.63, 3.8) is 0 Å². The third kappa shape index (κ3) is 3.45. The standard InChI is InChI=1S/C15H22Br2N2O/c1-14(2)8-12(15(3,4)20-14)13(19-18)9-5-10(16)7-11(17)6-9/h5-7,12-13,19H,8,18H2,1-4H3. The normalized spacial score (nSPS) is 25.6. The van der Waals surface area contributed by atoms with Gasteiger partial charge in [-0.15, -0.1) is 0 Å². The first kappa shape index (κ1) is 16.4. The number of benzene rings is 1. The Morgan fingerprint density at radius 3 is 2.15 bits per heavy atom. The van der Waals surface area contributed by atoms with E-state index in [0.29, 0.717) is 5.92 Å². The molecule has 0 saturated carbocycles. The Labute approximate surface area is 137 Å². The molecule has 112 valence electrons. The summed E-state index contributed by atoms with van der Waals surface area (Å²) >= 11 is 7.08. The largest absolute Gasteiger partial charge is 0.369 e. The first-order valence-electron chi connectivity index (χ1n) is 6.77. The monoisotopic (exact) mass is 404 g/mol. The second-order valence-electron chi connectivity index (χ2n) is 6.62. The van der Waals surface area contributed by atoms with Crippen molar-refractivity contribution in [1.29, 1.82) is 0 Å². The average Bonchev–Trinajstić information content (AvgIpc) is 2.46. The van der Waals surface area contributed by atoms with Gasteiger partial charge in [0.1, 0.15) is 0 Å². The van der Waals surface area contributed by atoms with Crippen molar-refractivity contribution in [2.24, 2.45) is 11.8 Å². The van der Waals surface area contributed by atoms with Crippen molar-refractivity contribution < 1.29 is 4.74 Å². The Bertz CT molecular complexity index is 482. The SMILES string of the molecule is CC1(C)CC(C(NN)c2cc(Br)cc(Br)c2)C(C)(C)O1. The fraction of sp³-hybridized carbons (Fsp3) is 0.600. The van der Waals surface area contributed by atoms with Crippen LogP contribution >= 0.6 is 31.9 Å². The number of ether oxygens (including phenoxy) is 1. The van der Waals surface area contributed by atoms with Crippen LogP contribution in [-0.4, -0.2) is 11.2 Å². The van der Waals surface area contributed by atoms with E-state index in [1.165, 1.54) is 0 Å². The molecule has 20 heavy (non-hydrogen) atoms. The van der Waals surface area contributed by atoms with E-state index < -0.39 is 0 Å². The second-order valence-corrected chi connectivity index (χ2v) is 8.45. The molecular weight excluding hydrogens is 384 g/mol. The van der Waals surface area contributed by atoms with E-state index in [0.717, 1.165) is 20.9 Å². The van der Waals surface area contributed by atoms with E-state index in [1.807, 2.05) is 6.07 Å². The van der Waals surface area contributed by atoms with Gasteiger partial charge in [-0.25, -0.2) is 0 Å². The fourth-order valence-electron chi connectivity index (χ4n) is 3.32. The summed E-state index contributed by atoms with van der Waals surface area (Å²) in [4.78, 5) is 0. The number of halogens is 2. The lowest BCUT2D eigenvalue weighted by Gasteiger charge is -2.33. The van der Waals surface area contributed by atoms with Crippen LogP contribution in [0.5, 0.6) is 0 Å². The first-order valence-corrected chi connectivity index (χ1v) is 8.35. The van der Waals surface area contributed by atoms with Crippen LogP contribution in [0, 0.1) is 5.92 Å². The van der Waals surface area contributed by atoms with Gasteiger partial charge in [0.25, 0.3) is 0 Å². The van der Waals surface area contributed by atoms with Gasteiger partial charge in [0.2, 0.25) is 0 Å². The number of hydrogen-bond donors (Lipinski definition) is 2. The molecule has 3 nitrogen and oxygen atoms in total. The second kappa shape index (κ2) is 5.69. The molecule has 0 aliphatic carbocycles. The zero-order valence-electron chi connectivity index (χ0n) is 12.3. The number of nitrogens with two attached hydrogens (primary N) is 1. The molecule has 2 rings (SSSR count). The van der Waals surface area contributed by atoms with Gasteiger partial charge in [-0.3, -0.25) is 11.3 Å². The molecule has 3 N–H and O–H groups in total. The van der Waals surface area contributed by atoms with Gasteiger partial charge in [0.15, 0.2) is 0 Å². The minimum absolute atomic E-state index is 0.0561. The summed E-state index contributed by atoms with van der Waals surface area (Å²) in [6.45, 7) is 8.56. The van der Waals surface area contributed by atoms with Crippen LogP contribution < -0.4 is 11.3 Å². The lowest BCUT2D eigenvalue weighted by Crippen LogP contribution is -2.41. The van der Waals surface area contributed by atoms with Gasteiger partial charge in [-0.05, 0) is 57.9 Å². The summed E-state index contributed by atoms with van der Waals surface area (Å²) in [7, 11) is 0. The molecule has 0 aromatic heterocycles. The smallest absolute Gasteiger partial charge is 0.0681 e. The highest BCUT2D eigenvalue weighted by atomic mass is 79.9. The molecule has 0 spiro atoms. The van der Waals surface area contributed by atoms with Crippen LogP contribution in [-0.2, 0) is 4.74 Å². The van der Waals surface area contributed by atoms with Crippen LogP contribution in [0.4, 0.5) is 0 Å². The summed E-state index contributed by atoms with van der Waals surface area (Å²) in [5, 5.41) is 0. The predicted octanol–water partition coefficient (Wildman–Crippen LogP) is 4.31. The van der Waals surface area contributed by atoms with Gasteiger partial charge >= 0.3 is 0 Å². The van der Waals surface area contributed by atoms with E-state index in [-0.39, 0.29) is 17.2 Å². The molecule has 1 saturated heterocycles. The highest BCUT2D eigenvalue weighted by molar-refractivity contribution is 9.11. The summed E-state index contributed by atoms with van der Waals surface area (Å²) in [6.07, 6.45) is 0.971. The summed E-state index contributed by atoms with van der Waals surface area (Å²) in [6, 6.07) is 6.30. The third-order valence-corrected chi connectivity index (χ3v) is 4.89. The van der Waals surface area contributed by atoms with Crippen LogP contribution in [0.2, 0.25) is 0 Å². The van der Waals surface area contributed by atoms with Gasteiger partial charge < -0.3 is 4.74 Å². The number of rotatable bonds is 3. The van der Waals surface area contributed by atoms with Crippen molar-refractivity contribution >= 4 is 31.9 Å². The number of hydrogen-bond acceptors (Lipinski definition) is 3. The summed E-state index contributed by atoms with van der Waals surface area (Å²) in [5.41, 5.74) is 3.82. The molecule has 1 heterocycles. The zero-order valence-corrected chi connectivity index (χ0v) is 15.5. The van der Waals surface area contributed by atoms with Gasteiger partial charge in [0.05, 0.1) is 17.2 Å². The van der Waals surface area contributed by atoms with Crippen molar-refractivity contribution in [2.75, 3.05) is 0 Å². The Hall–Kier alpha value is 0.0600. The molecule has 1 fully saturated rings. The van der Waals surface area contributed by atoms with Crippen molar-refractivity contribution in [3.05, 3.63) is 32.7 Å². The van der Waals surface area contributed by atoms with Crippen molar-refractivity contribution in [1.82, 2.24) is 5.43 Å². The molecule has 1 aliphatic heterocycles. The van der Waals surface area contributed by atoms with Crippen LogP contribution in [0.3, 0.4) is 0 Å². The highest BCUT2D eigenvalue weighted by Crippen LogP contribution is 2.47. The maximum Gasteiger partial charge on any atom is 0.0681 e. The van der Waals surface area contributed by atoms with E-state index >= 15 is 0 Å². The molecule has 1 aliphatic rings. The number of hydrazine groups is 1. The lowest BCUT2D eigenvalue weighted by atomic mass is 9.79. The predicted molar refractivity (Wildman–Crippen MR) is 89.3 cm³/mol. The number of nitrogens with one attached hydrogen (secondary N) is 1. The van der Waals surface area contributed by atoms with Gasteiger partial charge in [-0.1, -0.05) is 31.9 Å². The minimum atomic E-state index is -0.213. The molecule has 2 unspecified atom stereocenters. The average molecular weight is 406 g/mol. The van der Waals surface area contributed by atoms with E-state index in [9.17, 15) is 0 Å². The van der Waals surface area contributed by atoms with E-state index in [1.54, 1.807) is 0 Å². The molecule has 2 atom stereocenters. The Morgan fingerprint density at radius 2 is 1.75 bits per heavy atom. The third-order valence-electron chi connectivity index (χ3n) is 3.97. The molecule has 0 bridgehead atoms. The molecule has 1 aromatic carbocycles. The Balaban J connectivity index is 2.37. The minimum Gasteiger partial charge on any atom is -0.369 e. The Kier molecular flexibility index (Phi) is 4.67. The van der Waals surface area contributed by atoms with Gasteiger partial charge in [0, 0.05) is 14.9 Å². The van der Waals surface area contributed by atoms with Crippen LogP contribution in [0.15, 0.2) is 27.1 Å². The molecule has 5 heteroatoms. The highest BCUT2D eigenvalue weighted by Gasteiger charge is 2.49. The van der Waals surface area contributed by atoms with E-state index in [2.05, 4.69) is 77.1 Å². The van der Waals surface area contributed by atoms with E-state index in [4.69, 9.17) is 10.6 Å². The van der Waals surface area contributed by atoms with Gasteiger partial charge in [-0.2, -0.15) is 0 Å². The Morgan fingerprint density at radius 1 is 1.20 bits per heavy atom. The van der Waals surface area contributed by atoms with Crippen molar-refractivity contribution in [2.45, 2.75) is 51.4 Å². The topological polar surface area (TPSA) is 47.3 Å². The fourth-order valence-corrected chi connectivity index (χ4v) is 4.65. The zero-order chi connectivity index (χ0) is 15.1. The first-order chi connectivity index (χ1) is 9.14. The van der Waals surface area contributed by atoms with Crippen molar-refractivity contribution in [3.8, 4) is 0 Å². The quantitative estimate of drug-likeness (QED) is 0.581. The summed E-state index contributed by atoms with van der Waals surface area (Å²) in [5.74, 6) is 6.17. The lowest BCUT2D eigenvalue weighted by molar-refractivity contribution is -0.0779.